The molecule has 0 aliphatic carbocycles. The Morgan fingerprint density at radius 2 is 1.67 bits per heavy atom. The first-order chi connectivity index (χ1) is 2.81. The zero-order chi connectivity index (χ0) is 4.99. The van der Waals surface area contributed by atoms with E-state index in [1.165, 1.54) is 0 Å². The van der Waals surface area contributed by atoms with Crippen LogP contribution in [0.3, 0.4) is 0 Å². The summed E-state index contributed by atoms with van der Waals surface area (Å²) in [5.74, 6) is 0. The Balaban J connectivity index is 2.99. The van der Waals surface area contributed by atoms with Crippen LogP contribution in [0.5, 0.6) is 0 Å². The monoisotopic (exact) mass is 124 g/mol. The van der Waals surface area contributed by atoms with Gasteiger partial charge >= 0.3 is 6.03 Å². The summed E-state index contributed by atoms with van der Waals surface area (Å²) in [7, 11) is 0. The molecule has 6 heavy (non-hydrogen) atoms. The highest BCUT2D eigenvalue weighted by atomic mass is 32.1. The van der Waals surface area contributed by atoms with Crippen molar-refractivity contribution >= 4 is 31.7 Å². The van der Waals surface area contributed by atoms with Crippen molar-refractivity contribution in [2.75, 3.05) is 0 Å². The van der Waals surface area contributed by atoms with Crippen LogP contribution >= 0.6 is 25.6 Å². The van der Waals surface area contributed by atoms with Gasteiger partial charge in [-0.1, -0.05) is 25.6 Å². The number of rotatable bonds is 0. The third-order valence-corrected chi connectivity index (χ3v) is 0.609. The second kappa shape index (κ2) is 3.17. The van der Waals surface area contributed by atoms with Crippen LogP contribution in [-0.2, 0) is 0 Å². The van der Waals surface area contributed by atoms with E-state index in [9.17, 15) is 4.79 Å². The Bertz CT molecular complexity index is 49.5. The molecule has 0 heterocycles. The van der Waals surface area contributed by atoms with Crippen molar-refractivity contribution in [1.82, 2.24) is 9.44 Å². The van der Waals surface area contributed by atoms with Gasteiger partial charge in [0.15, 0.2) is 0 Å². The maximum atomic E-state index is 9.81. The molecule has 0 aromatic heterocycles. The van der Waals surface area contributed by atoms with Gasteiger partial charge in [0.25, 0.3) is 0 Å². The largest absolute Gasteiger partial charge is 0.334 e. The molecule has 0 unspecified atom stereocenters. The SMILES string of the molecule is O=C(NS)NS. The van der Waals surface area contributed by atoms with Crippen LogP contribution in [0.2, 0.25) is 0 Å². The first-order valence-electron chi connectivity index (χ1n) is 1.15. The molecule has 0 radical (unpaired) electrons. The summed E-state index contributed by atoms with van der Waals surface area (Å²) in [6, 6.07) is -0.429. The lowest BCUT2D eigenvalue weighted by atomic mass is 11.2. The zero-order valence-corrected chi connectivity index (χ0v) is 4.59. The van der Waals surface area contributed by atoms with Crippen molar-refractivity contribution in [2.24, 2.45) is 0 Å². The molecule has 0 rings (SSSR count). The van der Waals surface area contributed by atoms with Gasteiger partial charge in [0.05, 0.1) is 0 Å². The van der Waals surface area contributed by atoms with Crippen molar-refractivity contribution in [3.63, 3.8) is 0 Å². The molecule has 5 heteroatoms. The van der Waals surface area contributed by atoms with Crippen molar-refractivity contribution < 1.29 is 4.79 Å². The van der Waals surface area contributed by atoms with Crippen molar-refractivity contribution in [2.45, 2.75) is 0 Å². The molecule has 0 saturated heterocycles. The predicted molar refractivity (Wildman–Crippen MR) is 29.6 cm³/mol. The summed E-state index contributed by atoms with van der Waals surface area (Å²) < 4.78 is 3.97. The highest BCUT2D eigenvalue weighted by Gasteiger charge is 1.83. The van der Waals surface area contributed by atoms with Crippen LogP contribution in [0.15, 0.2) is 0 Å². The number of amides is 2. The Hall–Kier alpha value is -0.0300. The van der Waals surface area contributed by atoms with Crippen LogP contribution in [0.1, 0.15) is 0 Å². The Kier molecular flexibility index (Phi) is 3.16. The highest BCUT2D eigenvalue weighted by molar-refractivity contribution is 7.80. The summed E-state index contributed by atoms with van der Waals surface area (Å²) in [6.45, 7) is 0. The number of nitrogens with one attached hydrogen (secondary N) is 2. The third-order valence-electron chi connectivity index (χ3n) is 0.203. The molecular formula is CH4N2OS2. The standard InChI is InChI=1S/CH4N2OS2/c4-1(2-5)3-6/h5-6H,(H2,2,3,4). The lowest BCUT2D eigenvalue weighted by molar-refractivity contribution is 0.252. The van der Waals surface area contributed by atoms with Gasteiger partial charge in [-0.15, -0.1) is 0 Å². The van der Waals surface area contributed by atoms with E-state index < -0.39 is 6.03 Å². The molecule has 36 valence electrons. The van der Waals surface area contributed by atoms with Crippen LogP contribution in [0.25, 0.3) is 0 Å². The molecular weight excluding hydrogens is 120 g/mol. The van der Waals surface area contributed by atoms with E-state index >= 15 is 0 Å². The van der Waals surface area contributed by atoms with Gasteiger partial charge in [-0.05, 0) is 0 Å². The Morgan fingerprint density at radius 1 is 1.33 bits per heavy atom. The molecule has 0 atom stereocenters. The smallest absolute Gasteiger partial charge is 0.284 e. The van der Waals surface area contributed by atoms with Crippen LogP contribution in [0.4, 0.5) is 4.79 Å². The first kappa shape index (κ1) is 5.97. The molecule has 0 fully saturated rings. The molecule has 0 saturated carbocycles. The number of urea groups is 1. The lowest BCUT2D eigenvalue weighted by Crippen LogP contribution is -2.21. The van der Waals surface area contributed by atoms with Crippen molar-refractivity contribution in [1.29, 1.82) is 0 Å². The van der Waals surface area contributed by atoms with E-state index in [1.54, 1.807) is 0 Å². The van der Waals surface area contributed by atoms with Crippen molar-refractivity contribution in [3.8, 4) is 0 Å². The Labute approximate surface area is 46.6 Å². The summed E-state index contributed by atoms with van der Waals surface area (Å²) in [5.41, 5.74) is 0. The number of carbonyl (C=O) groups is 1. The fourth-order valence-corrected chi connectivity index (χ4v) is 0.225. The van der Waals surface area contributed by atoms with Gasteiger partial charge < -0.3 is 0 Å². The second-order valence-electron chi connectivity index (χ2n) is 0.553. The minimum Gasteiger partial charge on any atom is -0.284 e. The fourth-order valence-electron chi connectivity index (χ4n) is 0.0250. The number of hydrogen-bond donors (Lipinski definition) is 4. The number of hydrogen-bond acceptors (Lipinski definition) is 3. The third kappa shape index (κ3) is 2.22. The van der Waals surface area contributed by atoms with E-state index in [4.69, 9.17) is 0 Å². The quantitative estimate of drug-likeness (QED) is 0.337. The highest BCUT2D eigenvalue weighted by Crippen LogP contribution is 1.64. The number of thiol groups is 2. The van der Waals surface area contributed by atoms with Gasteiger partial charge in [-0.25, -0.2) is 4.79 Å². The average molecular weight is 124 g/mol. The maximum Gasteiger partial charge on any atom is 0.334 e. The maximum absolute atomic E-state index is 9.81. The molecule has 0 aromatic rings. The summed E-state index contributed by atoms with van der Waals surface area (Å²) in [4.78, 5) is 9.81. The van der Waals surface area contributed by atoms with Gasteiger partial charge in [0.2, 0.25) is 0 Å². The van der Waals surface area contributed by atoms with E-state index in [-0.39, 0.29) is 0 Å². The Morgan fingerprint density at radius 3 is 1.67 bits per heavy atom. The fraction of sp³-hybridized carbons (Fsp3) is 0. The van der Waals surface area contributed by atoms with Crippen molar-refractivity contribution in [3.05, 3.63) is 0 Å². The molecule has 0 aliphatic rings. The minimum absolute atomic E-state index is 0.429. The van der Waals surface area contributed by atoms with E-state index in [2.05, 4.69) is 25.6 Å². The summed E-state index contributed by atoms with van der Waals surface area (Å²) in [6.07, 6.45) is 0. The molecule has 3 nitrogen and oxygen atoms in total. The normalized spacial score (nSPS) is 7.00. The van der Waals surface area contributed by atoms with Gasteiger partial charge in [-0.2, -0.15) is 0 Å². The van der Waals surface area contributed by atoms with Crippen LogP contribution in [0, 0.1) is 0 Å². The van der Waals surface area contributed by atoms with Gasteiger partial charge in [0.1, 0.15) is 0 Å². The van der Waals surface area contributed by atoms with E-state index in [0.717, 1.165) is 0 Å². The van der Waals surface area contributed by atoms with Crippen LogP contribution in [-0.4, -0.2) is 6.03 Å². The molecule has 0 spiro atoms. The van der Waals surface area contributed by atoms with E-state index in [1.807, 2.05) is 9.44 Å². The van der Waals surface area contributed by atoms with Gasteiger partial charge in [-0.3, -0.25) is 9.44 Å². The molecule has 2 amide bonds. The molecule has 0 aliphatic heterocycles. The average Bonchev–Trinajstić information content (AvgIpc) is 1.65. The van der Waals surface area contributed by atoms with Gasteiger partial charge in [0, 0.05) is 0 Å². The zero-order valence-electron chi connectivity index (χ0n) is 2.80. The predicted octanol–water partition coefficient (Wildman–Crippen LogP) is -0.0248. The van der Waals surface area contributed by atoms with Crippen LogP contribution < -0.4 is 9.44 Å². The molecule has 0 aromatic carbocycles. The minimum atomic E-state index is -0.429. The van der Waals surface area contributed by atoms with E-state index in [0.29, 0.717) is 0 Å². The summed E-state index contributed by atoms with van der Waals surface area (Å²) in [5, 5.41) is 0. The molecule has 0 bridgehead atoms. The number of carbonyl (C=O) groups excluding carboxylic acids is 1. The second-order valence-corrected chi connectivity index (χ2v) is 1.000. The first-order valence-corrected chi connectivity index (χ1v) is 2.05. The topological polar surface area (TPSA) is 41.1 Å². The molecule has 2 N–H and O–H groups in total. The summed E-state index contributed by atoms with van der Waals surface area (Å²) >= 11 is 6.77. The lowest BCUT2D eigenvalue weighted by Gasteiger charge is -1.88.